The van der Waals surface area contributed by atoms with Crippen LogP contribution in [0.2, 0.25) is 0 Å². The van der Waals surface area contributed by atoms with E-state index in [1.165, 1.54) is 18.4 Å². The molecule has 1 aromatic rings. The molecule has 0 aromatic carbocycles. The standard InChI is InChI=1S/C12H20N2O2/c1-9-12(10(2)16-14-9)8-13-7-11-3-5-15-6-4-11/h11,13H,3-8H2,1-2H3. The number of nitrogens with one attached hydrogen (secondary N) is 1. The summed E-state index contributed by atoms with van der Waals surface area (Å²) < 4.78 is 10.5. The second-order valence-electron chi connectivity index (χ2n) is 4.49. The van der Waals surface area contributed by atoms with Crippen LogP contribution in [0.15, 0.2) is 4.52 Å². The number of aryl methyl sites for hydroxylation is 2. The van der Waals surface area contributed by atoms with Gasteiger partial charge in [-0.15, -0.1) is 0 Å². The Hall–Kier alpha value is -0.870. The summed E-state index contributed by atoms with van der Waals surface area (Å²) in [7, 11) is 0. The van der Waals surface area contributed by atoms with Gasteiger partial charge in [0.15, 0.2) is 0 Å². The number of hydrogen-bond donors (Lipinski definition) is 1. The zero-order valence-corrected chi connectivity index (χ0v) is 10.1. The normalized spacial score (nSPS) is 17.9. The molecule has 0 unspecified atom stereocenters. The van der Waals surface area contributed by atoms with Gasteiger partial charge in [0.2, 0.25) is 0 Å². The summed E-state index contributed by atoms with van der Waals surface area (Å²) in [4.78, 5) is 0. The van der Waals surface area contributed by atoms with Gasteiger partial charge in [-0.2, -0.15) is 0 Å². The number of ether oxygens (including phenoxy) is 1. The van der Waals surface area contributed by atoms with E-state index in [2.05, 4.69) is 10.5 Å². The summed E-state index contributed by atoms with van der Waals surface area (Å²) >= 11 is 0. The average molecular weight is 224 g/mol. The molecular formula is C12H20N2O2. The van der Waals surface area contributed by atoms with E-state index in [0.717, 1.165) is 43.7 Å². The van der Waals surface area contributed by atoms with E-state index in [0.29, 0.717) is 0 Å². The lowest BCUT2D eigenvalue weighted by molar-refractivity contribution is 0.0662. The van der Waals surface area contributed by atoms with Gasteiger partial charge in [0.25, 0.3) is 0 Å². The molecule has 4 heteroatoms. The Bertz CT molecular complexity index is 310. The van der Waals surface area contributed by atoms with Crippen LogP contribution in [0.3, 0.4) is 0 Å². The highest BCUT2D eigenvalue weighted by atomic mass is 16.5. The van der Waals surface area contributed by atoms with Crippen molar-refractivity contribution in [3.63, 3.8) is 0 Å². The molecule has 0 bridgehead atoms. The van der Waals surface area contributed by atoms with Crippen LogP contribution < -0.4 is 5.32 Å². The van der Waals surface area contributed by atoms with E-state index in [1.54, 1.807) is 0 Å². The van der Waals surface area contributed by atoms with Crippen LogP contribution in [-0.2, 0) is 11.3 Å². The molecule has 0 amide bonds. The van der Waals surface area contributed by atoms with Crippen LogP contribution in [0.25, 0.3) is 0 Å². The highest BCUT2D eigenvalue weighted by Crippen LogP contribution is 2.15. The summed E-state index contributed by atoms with van der Waals surface area (Å²) in [5, 5.41) is 7.43. The van der Waals surface area contributed by atoms with Crippen LogP contribution >= 0.6 is 0 Å². The molecule has 1 aromatic heterocycles. The minimum absolute atomic E-state index is 0.759. The highest BCUT2D eigenvalue weighted by molar-refractivity contribution is 5.20. The SMILES string of the molecule is Cc1noc(C)c1CNCC1CCOCC1. The monoisotopic (exact) mass is 224 g/mol. The Labute approximate surface area is 96.3 Å². The number of hydrogen-bond acceptors (Lipinski definition) is 4. The van der Waals surface area contributed by atoms with Gasteiger partial charge in [-0.25, -0.2) is 0 Å². The summed E-state index contributed by atoms with van der Waals surface area (Å²) in [5.74, 6) is 1.69. The Balaban J connectivity index is 1.75. The van der Waals surface area contributed by atoms with Crippen molar-refractivity contribution >= 4 is 0 Å². The predicted molar refractivity (Wildman–Crippen MR) is 61.2 cm³/mol. The first-order chi connectivity index (χ1) is 7.77. The molecule has 1 fully saturated rings. The fourth-order valence-corrected chi connectivity index (χ4v) is 2.11. The van der Waals surface area contributed by atoms with Crippen LogP contribution in [0.5, 0.6) is 0 Å². The lowest BCUT2D eigenvalue weighted by Crippen LogP contribution is -2.27. The van der Waals surface area contributed by atoms with E-state index in [-0.39, 0.29) is 0 Å². The Morgan fingerprint density at radius 3 is 2.69 bits per heavy atom. The van der Waals surface area contributed by atoms with Crippen molar-refractivity contribution in [3.8, 4) is 0 Å². The molecule has 1 aliphatic rings. The maximum atomic E-state index is 5.34. The molecule has 2 heterocycles. The fraction of sp³-hybridized carbons (Fsp3) is 0.750. The largest absolute Gasteiger partial charge is 0.381 e. The minimum atomic E-state index is 0.759. The first-order valence-corrected chi connectivity index (χ1v) is 5.97. The molecule has 90 valence electrons. The van der Waals surface area contributed by atoms with Crippen LogP contribution in [0.4, 0.5) is 0 Å². The second kappa shape index (κ2) is 5.46. The van der Waals surface area contributed by atoms with E-state index in [4.69, 9.17) is 9.26 Å². The van der Waals surface area contributed by atoms with E-state index >= 15 is 0 Å². The second-order valence-corrected chi connectivity index (χ2v) is 4.49. The minimum Gasteiger partial charge on any atom is -0.381 e. The third-order valence-corrected chi connectivity index (χ3v) is 3.26. The molecule has 0 spiro atoms. The van der Waals surface area contributed by atoms with Gasteiger partial charge in [-0.05, 0) is 39.2 Å². The molecule has 1 saturated heterocycles. The van der Waals surface area contributed by atoms with Gasteiger partial charge in [0.1, 0.15) is 5.76 Å². The van der Waals surface area contributed by atoms with Crippen molar-refractivity contribution in [2.24, 2.45) is 5.92 Å². The van der Waals surface area contributed by atoms with Gasteiger partial charge in [0.05, 0.1) is 5.69 Å². The molecule has 0 radical (unpaired) electrons. The molecule has 1 aliphatic heterocycles. The molecule has 4 nitrogen and oxygen atoms in total. The average Bonchev–Trinajstić information content (AvgIpc) is 2.62. The fourth-order valence-electron chi connectivity index (χ4n) is 2.11. The highest BCUT2D eigenvalue weighted by Gasteiger charge is 2.14. The Kier molecular flexibility index (Phi) is 3.96. The van der Waals surface area contributed by atoms with Gasteiger partial charge in [-0.1, -0.05) is 5.16 Å². The first-order valence-electron chi connectivity index (χ1n) is 5.97. The topological polar surface area (TPSA) is 47.3 Å². The zero-order valence-electron chi connectivity index (χ0n) is 10.1. The third kappa shape index (κ3) is 2.83. The first kappa shape index (κ1) is 11.6. The van der Waals surface area contributed by atoms with E-state index in [1.807, 2.05) is 13.8 Å². The Morgan fingerprint density at radius 1 is 1.31 bits per heavy atom. The maximum Gasteiger partial charge on any atom is 0.138 e. The Morgan fingerprint density at radius 2 is 2.06 bits per heavy atom. The molecule has 1 N–H and O–H groups in total. The van der Waals surface area contributed by atoms with E-state index < -0.39 is 0 Å². The summed E-state index contributed by atoms with van der Waals surface area (Å²) in [6.07, 6.45) is 2.35. The molecule has 0 atom stereocenters. The van der Waals surface area contributed by atoms with Gasteiger partial charge in [0, 0.05) is 25.3 Å². The van der Waals surface area contributed by atoms with Gasteiger partial charge >= 0.3 is 0 Å². The van der Waals surface area contributed by atoms with Crippen LogP contribution in [0, 0.1) is 19.8 Å². The molecule has 16 heavy (non-hydrogen) atoms. The lowest BCUT2D eigenvalue weighted by atomic mass is 10.0. The van der Waals surface area contributed by atoms with Crippen molar-refractivity contribution in [2.45, 2.75) is 33.2 Å². The predicted octanol–water partition coefficient (Wildman–Crippen LogP) is 1.81. The van der Waals surface area contributed by atoms with Crippen molar-refractivity contribution in [1.82, 2.24) is 10.5 Å². The summed E-state index contributed by atoms with van der Waals surface area (Å²) in [6, 6.07) is 0. The van der Waals surface area contributed by atoms with Gasteiger partial charge < -0.3 is 14.6 Å². The van der Waals surface area contributed by atoms with Crippen LogP contribution in [0.1, 0.15) is 29.9 Å². The van der Waals surface area contributed by atoms with E-state index in [9.17, 15) is 0 Å². The quantitative estimate of drug-likeness (QED) is 0.847. The van der Waals surface area contributed by atoms with Crippen molar-refractivity contribution in [3.05, 3.63) is 17.0 Å². The number of aromatic nitrogens is 1. The summed E-state index contributed by atoms with van der Waals surface area (Å²) in [6.45, 7) is 7.70. The van der Waals surface area contributed by atoms with Gasteiger partial charge in [-0.3, -0.25) is 0 Å². The molecule has 0 aliphatic carbocycles. The lowest BCUT2D eigenvalue weighted by Gasteiger charge is -2.22. The molecular weight excluding hydrogens is 204 g/mol. The molecule has 2 rings (SSSR count). The van der Waals surface area contributed by atoms with Crippen molar-refractivity contribution in [1.29, 1.82) is 0 Å². The number of rotatable bonds is 4. The smallest absolute Gasteiger partial charge is 0.138 e. The van der Waals surface area contributed by atoms with Crippen molar-refractivity contribution < 1.29 is 9.26 Å². The van der Waals surface area contributed by atoms with Crippen molar-refractivity contribution in [2.75, 3.05) is 19.8 Å². The number of nitrogens with zero attached hydrogens (tertiary/aromatic N) is 1. The third-order valence-electron chi connectivity index (χ3n) is 3.26. The zero-order chi connectivity index (χ0) is 11.4. The molecule has 0 saturated carbocycles. The maximum absolute atomic E-state index is 5.34. The summed E-state index contributed by atoms with van der Waals surface area (Å²) in [5.41, 5.74) is 2.20. The van der Waals surface area contributed by atoms with Crippen LogP contribution in [-0.4, -0.2) is 24.9 Å².